The van der Waals surface area contributed by atoms with Gasteiger partial charge in [0.05, 0.1) is 13.0 Å². The molecule has 1 aromatic carbocycles. The second-order valence-electron chi connectivity index (χ2n) is 3.88. The number of nitrogens with zero attached hydrogens (tertiary/aromatic N) is 1. The molecule has 0 aliphatic rings. The minimum absolute atomic E-state index is 0.0894. The van der Waals surface area contributed by atoms with Crippen molar-refractivity contribution in [2.24, 2.45) is 0 Å². The molecule has 98 valence electrons. The summed E-state index contributed by atoms with van der Waals surface area (Å²) in [4.78, 5) is 22.8. The first-order chi connectivity index (χ1) is 8.47. The zero-order chi connectivity index (χ0) is 13.5. The minimum atomic E-state index is -0.984. The fourth-order valence-electron chi connectivity index (χ4n) is 1.55. The zero-order valence-electron chi connectivity index (χ0n) is 9.67. The van der Waals surface area contributed by atoms with Gasteiger partial charge in [-0.15, -0.1) is 0 Å². The molecule has 0 aliphatic heterocycles. The molecule has 1 aromatic rings. The first kappa shape index (κ1) is 14.5. The minimum Gasteiger partial charge on any atom is -0.481 e. The second kappa shape index (κ2) is 6.98. The van der Waals surface area contributed by atoms with E-state index in [4.69, 9.17) is 21.8 Å². The highest BCUT2D eigenvalue weighted by Crippen LogP contribution is 2.12. The van der Waals surface area contributed by atoms with E-state index in [0.717, 1.165) is 5.56 Å². The van der Waals surface area contributed by atoms with Crippen molar-refractivity contribution in [3.63, 3.8) is 0 Å². The highest BCUT2D eigenvalue weighted by molar-refractivity contribution is 6.30. The van der Waals surface area contributed by atoms with Crippen LogP contribution in [-0.2, 0) is 16.1 Å². The topological polar surface area (TPSA) is 77.8 Å². The van der Waals surface area contributed by atoms with Crippen molar-refractivity contribution in [3.8, 4) is 0 Å². The van der Waals surface area contributed by atoms with Gasteiger partial charge in [0.15, 0.2) is 0 Å². The SMILES string of the molecule is O=C(O)CCN(CC(=O)O)Cc1cccc(Cl)c1. The maximum atomic E-state index is 10.7. The predicted octanol–water partition coefficient (Wildman–Crippen LogP) is 1.70. The van der Waals surface area contributed by atoms with Crippen LogP contribution in [0.5, 0.6) is 0 Å². The molecule has 18 heavy (non-hydrogen) atoms. The normalized spacial score (nSPS) is 10.6. The molecule has 0 amide bonds. The summed E-state index contributed by atoms with van der Waals surface area (Å²) in [6, 6.07) is 7.05. The Balaban J connectivity index is 2.65. The van der Waals surface area contributed by atoms with Crippen LogP contribution in [0.15, 0.2) is 24.3 Å². The quantitative estimate of drug-likeness (QED) is 0.789. The van der Waals surface area contributed by atoms with E-state index in [1.807, 2.05) is 6.07 Å². The molecule has 0 bridgehead atoms. The van der Waals surface area contributed by atoms with Crippen LogP contribution in [0.2, 0.25) is 5.02 Å². The van der Waals surface area contributed by atoms with Crippen LogP contribution >= 0.6 is 11.6 Å². The first-order valence-electron chi connectivity index (χ1n) is 5.38. The van der Waals surface area contributed by atoms with Gasteiger partial charge in [-0.25, -0.2) is 0 Å². The number of aliphatic carboxylic acids is 2. The summed E-state index contributed by atoms with van der Waals surface area (Å²) in [5.41, 5.74) is 0.856. The molecular formula is C12H14ClNO4. The predicted molar refractivity (Wildman–Crippen MR) is 66.6 cm³/mol. The molecular weight excluding hydrogens is 258 g/mol. The summed E-state index contributed by atoms with van der Waals surface area (Å²) >= 11 is 5.83. The molecule has 0 saturated heterocycles. The molecule has 0 saturated carbocycles. The van der Waals surface area contributed by atoms with E-state index in [-0.39, 0.29) is 19.5 Å². The van der Waals surface area contributed by atoms with Crippen molar-refractivity contribution in [1.82, 2.24) is 4.90 Å². The summed E-state index contributed by atoms with van der Waals surface area (Å²) in [5, 5.41) is 17.9. The van der Waals surface area contributed by atoms with Gasteiger partial charge >= 0.3 is 11.9 Å². The van der Waals surface area contributed by atoms with E-state index in [1.54, 1.807) is 23.1 Å². The van der Waals surface area contributed by atoms with Crippen LogP contribution in [0.3, 0.4) is 0 Å². The molecule has 6 heteroatoms. The number of halogens is 1. The molecule has 5 nitrogen and oxygen atoms in total. The molecule has 2 N–H and O–H groups in total. The van der Waals surface area contributed by atoms with E-state index in [9.17, 15) is 9.59 Å². The van der Waals surface area contributed by atoms with Gasteiger partial charge in [0.1, 0.15) is 0 Å². The van der Waals surface area contributed by atoms with Gasteiger partial charge in [0.25, 0.3) is 0 Å². The molecule has 0 heterocycles. The maximum Gasteiger partial charge on any atom is 0.317 e. The van der Waals surface area contributed by atoms with Gasteiger partial charge in [-0.1, -0.05) is 23.7 Å². The van der Waals surface area contributed by atoms with Gasteiger partial charge in [0.2, 0.25) is 0 Å². The van der Waals surface area contributed by atoms with Crippen molar-refractivity contribution in [2.45, 2.75) is 13.0 Å². The number of rotatable bonds is 7. The second-order valence-corrected chi connectivity index (χ2v) is 4.31. The Morgan fingerprint density at radius 3 is 2.50 bits per heavy atom. The third kappa shape index (κ3) is 5.65. The summed E-state index contributed by atoms with van der Waals surface area (Å²) < 4.78 is 0. The highest BCUT2D eigenvalue weighted by Gasteiger charge is 2.12. The lowest BCUT2D eigenvalue weighted by atomic mass is 10.2. The first-order valence-corrected chi connectivity index (χ1v) is 5.75. The molecule has 1 rings (SSSR count). The highest BCUT2D eigenvalue weighted by atomic mass is 35.5. The summed E-state index contributed by atoms with van der Waals surface area (Å²) in [5.74, 6) is -1.93. The number of carboxylic acids is 2. The van der Waals surface area contributed by atoms with E-state index in [1.165, 1.54) is 0 Å². The lowest BCUT2D eigenvalue weighted by molar-refractivity contribution is -0.141. The van der Waals surface area contributed by atoms with Gasteiger partial charge < -0.3 is 10.2 Å². The third-order valence-corrected chi connectivity index (χ3v) is 2.53. The number of hydrogen-bond acceptors (Lipinski definition) is 3. The summed E-state index contributed by atoms with van der Waals surface area (Å²) in [6.45, 7) is 0.355. The Kier molecular flexibility index (Phi) is 5.61. The molecule has 0 atom stereocenters. The van der Waals surface area contributed by atoms with Crippen LogP contribution in [-0.4, -0.2) is 40.1 Å². The Labute approximate surface area is 110 Å². The van der Waals surface area contributed by atoms with Crippen LogP contribution in [0.1, 0.15) is 12.0 Å². The Hall–Kier alpha value is -1.59. The van der Waals surface area contributed by atoms with Crippen molar-refractivity contribution in [3.05, 3.63) is 34.9 Å². The standard InChI is InChI=1S/C12H14ClNO4/c13-10-3-1-2-9(6-10)7-14(8-12(17)18)5-4-11(15)16/h1-3,6H,4-5,7-8H2,(H,15,16)(H,17,18). The molecule has 0 spiro atoms. The number of carboxylic acid groups (broad SMARTS) is 2. The smallest absolute Gasteiger partial charge is 0.317 e. The van der Waals surface area contributed by atoms with E-state index >= 15 is 0 Å². The number of carbonyl (C=O) groups is 2. The van der Waals surface area contributed by atoms with Crippen LogP contribution in [0.4, 0.5) is 0 Å². The molecule has 0 radical (unpaired) electrons. The van der Waals surface area contributed by atoms with Gasteiger partial charge in [-0.2, -0.15) is 0 Å². The van der Waals surface area contributed by atoms with Gasteiger partial charge in [-0.05, 0) is 17.7 Å². The van der Waals surface area contributed by atoms with Crippen LogP contribution in [0, 0.1) is 0 Å². The van der Waals surface area contributed by atoms with Crippen LogP contribution in [0.25, 0.3) is 0 Å². The Morgan fingerprint density at radius 1 is 1.22 bits per heavy atom. The summed E-state index contributed by atoms with van der Waals surface area (Å²) in [7, 11) is 0. The molecule has 0 fully saturated rings. The van der Waals surface area contributed by atoms with E-state index < -0.39 is 11.9 Å². The average molecular weight is 272 g/mol. The van der Waals surface area contributed by atoms with E-state index in [0.29, 0.717) is 11.6 Å². The largest absolute Gasteiger partial charge is 0.481 e. The molecule has 0 aliphatic carbocycles. The van der Waals surface area contributed by atoms with Gasteiger partial charge in [0, 0.05) is 18.1 Å². The monoisotopic (exact) mass is 271 g/mol. The Morgan fingerprint density at radius 2 is 1.94 bits per heavy atom. The lowest BCUT2D eigenvalue weighted by Gasteiger charge is -2.19. The molecule has 0 unspecified atom stereocenters. The number of hydrogen-bond donors (Lipinski definition) is 2. The summed E-state index contributed by atoms with van der Waals surface area (Å²) in [6.07, 6.45) is -0.0894. The van der Waals surface area contributed by atoms with E-state index in [2.05, 4.69) is 0 Å². The van der Waals surface area contributed by atoms with Crippen molar-refractivity contribution in [1.29, 1.82) is 0 Å². The fraction of sp³-hybridized carbons (Fsp3) is 0.333. The van der Waals surface area contributed by atoms with Crippen molar-refractivity contribution < 1.29 is 19.8 Å². The zero-order valence-corrected chi connectivity index (χ0v) is 10.4. The molecule has 0 aromatic heterocycles. The number of benzene rings is 1. The van der Waals surface area contributed by atoms with Crippen molar-refractivity contribution in [2.75, 3.05) is 13.1 Å². The maximum absolute atomic E-state index is 10.7. The van der Waals surface area contributed by atoms with Gasteiger partial charge in [-0.3, -0.25) is 14.5 Å². The van der Waals surface area contributed by atoms with Crippen molar-refractivity contribution >= 4 is 23.5 Å². The lowest BCUT2D eigenvalue weighted by Crippen LogP contribution is -2.31. The third-order valence-electron chi connectivity index (χ3n) is 2.30. The average Bonchev–Trinajstić information content (AvgIpc) is 2.25. The Bertz CT molecular complexity index is 436. The fourth-order valence-corrected chi connectivity index (χ4v) is 1.77. The van der Waals surface area contributed by atoms with Crippen LogP contribution < -0.4 is 0 Å².